The number of hydrogen-bond donors (Lipinski definition) is 2. The van der Waals surface area contributed by atoms with Gasteiger partial charge in [0, 0.05) is 23.1 Å². The van der Waals surface area contributed by atoms with Gasteiger partial charge in [0.2, 0.25) is 5.91 Å². The monoisotopic (exact) mass is 585 g/mol. The van der Waals surface area contributed by atoms with Crippen molar-refractivity contribution in [1.29, 1.82) is 0 Å². The van der Waals surface area contributed by atoms with Crippen molar-refractivity contribution in [3.63, 3.8) is 0 Å². The van der Waals surface area contributed by atoms with Crippen molar-refractivity contribution >= 4 is 58.3 Å². The molecule has 3 aromatic rings. The highest BCUT2D eigenvalue weighted by Crippen LogP contribution is 2.30. The Kier molecular flexibility index (Phi) is 11.9. The molecule has 0 saturated carbocycles. The van der Waals surface area contributed by atoms with Crippen molar-refractivity contribution in [1.82, 2.24) is 10.3 Å². The largest absolute Gasteiger partial charge is 0.461 e. The summed E-state index contributed by atoms with van der Waals surface area (Å²) in [6.45, 7) is 5.54. The van der Waals surface area contributed by atoms with Crippen LogP contribution in [0, 0.1) is 6.92 Å². The lowest BCUT2D eigenvalue weighted by Crippen LogP contribution is -2.43. The normalized spacial score (nSPS) is 11.7. The van der Waals surface area contributed by atoms with Crippen LogP contribution in [0.25, 0.3) is 11.1 Å². The third kappa shape index (κ3) is 9.12. The van der Waals surface area contributed by atoms with Gasteiger partial charge >= 0.3 is 5.97 Å². The van der Waals surface area contributed by atoms with Gasteiger partial charge in [-0.05, 0) is 86.8 Å². The standard InChI is InChI=1S/C29H35N3O4S3/c1-18(2)36-28(35)25(14-15-37-4)32-27(34)23-12-10-20(16-24(23)22-9-7-6-8-19(22)3)30-26(33)13-11-21-17-39-29(31-21)38-5/h6-10,12,16-18,25H,11,13-15H2,1-5H3,(H,30,33)(H,32,34)/t25-/m0/s1. The summed E-state index contributed by atoms with van der Waals surface area (Å²) in [6.07, 6.45) is 4.97. The van der Waals surface area contributed by atoms with Gasteiger partial charge in [0.25, 0.3) is 5.91 Å². The highest BCUT2D eigenvalue weighted by molar-refractivity contribution is 8.00. The minimum atomic E-state index is -0.756. The van der Waals surface area contributed by atoms with Gasteiger partial charge < -0.3 is 15.4 Å². The molecule has 1 heterocycles. The summed E-state index contributed by atoms with van der Waals surface area (Å²) < 4.78 is 6.37. The van der Waals surface area contributed by atoms with Crippen LogP contribution in [-0.4, -0.2) is 53.2 Å². The van der Waals surface area contributed by atoms with Crippen LogP contribution in [-0.2, 0) is 20.7 Å². The number of aromatic nitrogens is 1. The summed E-state index contributed by atoms with van der Waals surface area (Å²) in [7, 11) is 0. The maximum atomic E-state index is 13.5. The fourth-order valence-electron chi connectivity index (χ4n) is 3.92. The minimum Gasteiger partial charge on any atom is -0.461 e. The highest BCUT2D eigenvalue weighted by Gasteiger charge is 2.25. The number of nitrogens with one attached hydrogen (secondary N) is 2. The predicted octanol–water partition coefficient (Wildman–Crippen LogP) is 6.21. The van der Waals surface area contributed by atoms with E-state index in [1.165, 1.54) is 0 Å². The number of nitrogens with zero attached hydrogens (tertiary/aromatic N) is 1. The van der Waals surface area contributed by atoms with Crippen molar-refractivity contribution in [2.75, 3.05) is 23.6 Å². The molecule has 0 fully saturated rings. The van der Waals surface area contributed by atoms with Crippen LogP contribution in [0.3, 0.4) is 0 Å². The van der Waals surface area contributed by atoms with Gasteiger partial charge in [-0.2, -0.15) is 11.8 Å². The third-order valence-electron chi connectivity index (χ3n) is 5.85. The quantitative estimate of drug-likeness (QED) is 0.182. The predicted molar refractivity (Wildman–Crippen MR) is 163 cm³/mol. The summed E-state index contributed by atoms with van der Waals surface area (Å²) in [4.78, 5) is 43.4. The fraction of sp³-hybridized carbons (Fsp3) is 0.379. The zero-order chi connectivity index (χ0) is 28.4. The maximum absolute atomic E-state index is 13.5. The topological polar surface area (TPSA) is 97.4 Å². The first-order valence-electron chi connectivity index (χ1n) is 12.7. The molecule has 208 valence electrons. The van der Waals surface area contributed by atoms with Crippen LogP contribution in [0.2, 0.25) is 0 Å². The summed E-state index contributed by atoms with van der Waals surface area (Å²) >= 11 is 4.76. The molecule has 7 nitrogen and oxygen atoms in total. The van der Waals surface area contributed by atoms with Crippen LogP contribution >= 0.6 is 34.9 Å². The number of benzene rings is 2. The molecule has 0 aliphatic carbocycles. The molecule has 39 heavy (non-hydrogen) atoms. The number of carbonyl (C=O) groups is 3. The molecule has 0 aliphatic rings. The molecule has 0 bridgehead atoms. The molecule has 2 amide bonds. The Bertz CT molecular complexity index is 1290. The molecule has 0 saturated heterocycles. The molecule has 10 heteroatoms. The molecule has 0 spiro atoms. The van der Waals surface area contributed by atoms with E-state index in [0.29, 0.717) is 41.8 Å². The minimum absolute atomic E-state index is 0.129. The SMILES string of the molecule is CSCC[C@H](NC(=O)c1ccc(NC(=O)CCc2csc(SC)n2)cc1-c1ccccc1C)C(=O)OC(C)C. The third-order valence-corrected chi connectivity index (χ3v) is 8.41. The van der Waals surface area contributed by atoms with Crippen LogP contribution in [0.1, 0.15) is 48.3 Å². The van der Waals surface area contributed by atoms with E-state index >= 15 is 0 Å². The smallest absolute Gasteiger partial charge is 0.328 e. The lowest BCUT2D eigenvalue weighted by atomic mass is 9.94. The second-order valence-corrected chi connectivity index (χ2v) is 12.1. The number of carbonyl (C=O) groups excluding carboxylic acids is 3. The van der Waals surface area contributed by atoms with Gasteiger partial charge in [-0.1, -0.05) is 36.0 Å². The van der Waals surface area contributed by atoms with Crippen molar-refractivity contribution in [3.8, 4) is 11.1 Å². The summed E-state index contributed by atoms with van der Waals surface area (Å²) in [5, 5.41) is 7.83. The highest BCUT2D eigenvalue weighted by atomic mass is 32.2. The van der Waals surface area contributed by atoms with Gasteiger partial charge in [0.1, 0.15) is 10.4 Å². The number of aryl methyl sites for hydroxylation is 2. The molecule has 0 unspecified atom stereocenters. The van der Waals surface area contributed by atoms with E-state index in [-0.39, 0.29) is 17.9 Å². The molecule has 2 aromatic carbocycles. The average molecular weight is 586 g/mol. The van der Waals surface area contributed by atoms with Crippen molar-refractivity contribution < 1.29 is 19.1 Å². The Labute approximate surface area is 242 Å². The molecular formula is C29H35N3O4S3. The zero-order valence-corrected chi connectivity index (χ0v) is 25.4. The molecule has 0 radical (unpaired) electrons. The fourth-order valence-corrected chi connectivity index (χ4v) is 5.70. The summed E-state index contributed by atoms with van der Waals surface area (Å²) in [5.41, 5.74) is 4.45. The van der Waals surface area contributed by atoms with Gasteiger partial charge in [0.15, 0.2) is 0 Å². The molecule has 2 N–H and O–H groups in total. The Morgan fingerprint density at radius 3 is 2.51 bits per heavy atom. The number of amides is 2. The zero-order valence-electron chi connectivity index (χ0n) is 22.9. The van der Waals surface area contributed by atoms with Crippen LogP contribution < -0.4 is 10.6 Å². The van der Waals surface area contributed by atoms with E-state index in [2.05, 4.69) is 15.6 Å². The number of esters is 1. The Hall–Kier alpha value is -2.82. The van der Waals surface area contributed by atoms with Gasteiger partial charge in [-0.15, -0.1) is 11.3 Å². The number of thiazole rings is 1. The first kappa shape index (κ1) is 30.7. The Morgan fingerprint density at radius 1 is 1.08 bits per heavy atom. The lowest BCUT2D eigenvalue weighted by molar-refractivity contribution is -0.149. The van der Waals surface area contributed by atoms with Crippen molar-refractivity contribution in [3.05, 3.63) is 64.7 Å². The van der Waals surface area contributed by atoms with E-state index in [1.807, 2.05) is 55.1 Å². The van der Waals surface area contributed by atoms with Gasteiger partial charge in [-0.25, -0.2) is 9.78 Å². The second kappa shape index (κ2) is 15.1. The lowest BCUT2D eigenvalue weighted by Gasteiger charge is -2.20. The Balaban J connectivity index is 1.84. The van der Waals surface area contributed by atoms with Crippen LogP contribution in [0.15, 0.2) is 52.2 Å². The molecule has 3 rings (SSSR count). The van der Waals surface area contributed by atoms with E-state index in [0.717, 1.165) is 21.2 Å². The molecule has 1 aromatic heterocycles. The molecular weight excluding hydrogens is 551 g/mol. The number of rotatable bonds is 13. The van der Waals surface area contributed by atoms with Gasteiger partial charge in [0.05, 0.1) is 11.8 Å². The summed E-state index contributed by atoms with van der Waals surface area (Å²) in [6, 6.07) is 12.2. The number of ether oxygens (including phenoxy) is 1. The van der Waals surface area contributed by atoms with Crippen molar-refractivity contribution in [2.24, 2.45) is 0 Å². The number of anilines is 1. The average Bonchev–Trinajstić information content (AvgIpc) is 3.38. The van der Waals surface area contributed by atoms with E-state index in [4.69, 9.17) is 4.74 Å². The maximum Gasteiger partial charge on any atom is 0.328 e. The number of thioether (sulfide) groups is 2. The number of hydrogen-bond acceptors (Lipinski definition) is 8. The van der Waals surface area contributed by atoms with E-state index in [1.54, 1.807) is 60.8 Å². The van der Waals surface area contributed by atoms with Gasteiger partial charge in [-0.3, -0.25) is 9.59 Å². The molecule has 0 aliphatic heterocycles. The second-order valence-electron chi connectivity index (χ2n) is 9.23. The van der Waals surface area contributed by atoms with Crippen LogP contribution in [0.4, 0.5) is 5.69 Å². The first-order chi connectivity index (χ1) is 18.7. The van der Waals surface area contributed by atoms with Crippen molar-refractivity contribution in [2.45, 2.75) is 56.5 Å². The summed E-state index contributed by atoms with van der Waals surface area (Å²) in [5.74, 6) is -0.243. The molecule has 1 atom stereocenters. The van der Waals surface area contributed by atoms with Crippen LogP contribution in [0.5, 0.6) is 0 Å². The first-order valence-corrected chi connectivity index (χ1v) is 16.2. The van der Waals surface area contributed by atoms with E-state index in [9.17, 15) is 14.4 Å². The Morgan fingerprint density at radius 2 is 1.85 bits per heavy atom. The van der Waals surface area contributed by atoms with E-state index < -0.39 is 12.0 Å².